The van der Waals surface area contributed by atoms with Crippen molar-refractivity contribution in [3.05, 3.63) is 30.3 Å². The first-order valence-electron chi connectivity index (χ1n) is 7.64. The lowest BCUT2D eigenvalue weighted by Crippen LogP contribution is -2.40. The fourth-order valence-corrected chi connectivity index (χ4v) is 3.06. The monoisotopic (exact) mass is 356 g/mol. The smallest absolute Gasteiger partial charge is 0.399 e. The van der Waals surface area contributed by atoms with Crippen molar-refractivity contribution in [2.24, 2.45) is 0 Å². The van der Waals surface area contributed by atoms with Gasteiger partial charge in [0.05, 0.1) is 12.2 Å². The number of rotatable bonds is 6. The third-order valence-corrected chi connectivity index (χ3v) is 3.92. The first-order valence-corrected chi connectivity index (χ1v) is 8.74. The maximum absolute atomic E-state index is 12.2. The third-order valence-electron chi connectivity index (χ3n) is 2.77. The minimum Gasteiger partial charge on any atom is -0.461 e. The molecule has 1 aliphatic rings. The Morgan fingerprint density at radius 3 is 1.79 bits per heavy atom. The van der Waals surface area contributed by atoms with Crippen molar-refractivity contribution in [3.8, 4) is 5.75 Å². The van der Waals surface area contributed by atoms with Gasteiger partial charge in [-0.1, -0.05) is 18.2 Å². The number of carbonyl (C=O) groups excluding carboxylic acids is 2. The van der Waals surface area contributed by atoms with Gasteiger partial charge in [-0.3, -0.25) is 9.05 Å². The molecule has 1 aromatic rings. The Morgan fingerprint density at radius 2 is 1.38 bits per heavy atom. The van der Waals surface area contributed by atoms with Crippen LogP contribution in [-0.4, -0.2) is 36.4 Å². The predicted octanol–water partition coefficient (Wildman–Crippen LogP) is 2.98. The summed E-state index contributed by atoms with van der Waals surface area (Å²) >= 11 is 0. The molecule has 1 aliphatic heterocycles. The van der Waals surface area contributed by atoms with Crippen molar-refractivity contribution in [3.63, 3.8) is 0 Å². The van der Waals surface area contributed by atoms with Gasteiger partial charge in [0, 0.05) is 0 Å². The van der Waals surface area contributed by atoms with Crippen molar-refractivity contribution in [1.82, 2.24) is 0 Å². The Balaban J connectivity index is 2.09. The molecule has 0 aromatic heterocycles. The Morgan fingerprint density at radius 1 is 0.917 bits per heavy atom. The molecule has 0 unspecified atom stereocenters. The van der Waals surface area contributed by atoms with Crippen LogP contribution in [0.3, 0.4) is 0 Å². The molecule has 0 bridgehead atoms. The van der Waals surface area contributed by atoms with Gasteiger partial charge in [-0.05, 0) is 39.8 Å². The van der Waals surface area contributed by atoms with Gasteiger partial charge in [0.2, 0.25) is 12.2 Å². The molecule has 7 nitrogen and oxygen atoms in total. The molecule has 1 aromatic carbocycles. The molecule has 1 heterocycles. The fourth-order valence-electron chi connectivity index (χ4n) is 1.86. The van der Waals surface area contributed by atoms with E-state index in [0.717, 1.165) is 0 Å². The van der Waals surface area contributed by atoms with Crippen LogP contribution >= 0.6 is 8.60 Å². The minimum absolute atomic E-state index is 0.343. The number of carbonyl (C=O) groups is 2. The van der Waals surface area contributed by atoms with Gasteiger partial charge in [0.25, 0.3) is 0 Å². The van der Waals surface area contributed by atoms with E-state index >= 15 is 0 Å². The summed E-state index contributed by atoms with van der Waals surface area (Å²) in [6.07, 6.45) is -3.11. The van der Waals surface area contributed by atoms with E-state index in [9.17, 15) is 9.59 Å². The standard InChI is InChI=1S/C16H21O7P/c1-10(2)19-15(17)13-14(16(18)20-11(3)4)23-24(22-13)21-12-8-6-5-7-9-12/h5-11,13-14H,1-4H3/t13-,14-/m1/s1. The summed E-state index contributed by atoms with van der Waals surface area (Å²) in [7, 11) is -1.92. The van der Waals surface area contributed by atoms with Gasteiger partial charge in [-0.25, -0.2) is 9.59 Å². The van der Waals surface area contributed by atoms with Gasteiger partial charge in [0.1, 0.15) is 5.75 Å². The molecule has 0 N–H and O–H groups in total. The van der Waals surface area contributed by atoms with Crippen LogP contribution in [0.1, 0.15) is 27.7 Å². The molecule has 0 aliphatic carbocycles. The van der Waals surface area contributed by atoms with Crippen molar-refractivity contribution in [2.45, 2.75) is 52.1 Å². The zero-order valence-electron chi connectivity index (χ0n) is 14.0. The second kappa shape index (κ2) is 8.42. The second-order valence-electron chi connectivity index (χ2n) is 5.65. The normalized spacial score (nSPS) is 21.1. The van der Waals surface area contributed by atoms with Crippen LogP contribution in [-0.2, 0) is 28.1 Å². The fraction of sp³-hybridized carbons (Fsp3) is 0.500. The lowest BCUT2D eigenvalue weighted by Gasteiger charge is -2.17. The molecule has 0 radical (unpaired) electrons. The highest BCUT2D eigenvalue weighted by Gasteiger charge is 2.50. The number of esters is 2. The lowest BCUT2D eigenvalue weighted by molar-refractivity contribution is -0.167. The van der Waals surface area contributed by atoms with E-state index in [1.807, 2.05) is 6.07 Å². The molecule has 1 fully saturated rings. The highest BCUT2D eigenvalue weighted by Crippen LogP contribution is 2.50. The summed E-state index contributed by atoms with van der Waals surface area (Å²) in [6.45, 7) is 6.83. The SMILES string of the molecule is CC(C)OC(=O)[C@@H]1OP(Oc2ccccc2)O[C@H]1C(=O)OC(C)C. The molecule has 2 atom stereocenters. The Hall–Kier alpha value is -1.69. The quantitative estimate of drug-likeness (QED) is 0.572. The van der Waals surface area contributed by atoms with Crippen LogP contribution in [0.2, 0.25) is 0 Å². The molecule has 0 spiro atoms. The van der Waals surface area contributed by atoms with Crippen LogP contribution in [0, 0.1) is 0 Å². The Kier molecular flexibility index (Phi) is 6.54. The number of benzene rings is 1. The minimum atomic E-state index is -1.92. The van der Waals surface area contributed by atoms with E-state index in [-0.39, 0.29) is 12.2 Å². The van der Waals surface area contributed by atoms with Gasteiger partial charge in [-0.15, -0.1) is 0 Å². The zero-order chi connectivity index (χ0) is 17.7. The van der Waals surface area contributed by atoms with Crippen LogP contribution in [0.4, 0.5) is 0 Å². The van der Waals surface area contributed by atoms with Gasteiger partial charge < -0.3 is 14.0 Å². The maximum Gasteiger partial charge on any atom is 0.399 e. The molecule has 8 heteroatoms. The number of para-hydroxylation sites is 1. The molecular formula is C16H21O7P. The van der Waals surface area contributed by atoms with Crippen LogP contribution in [0.5, 0.6) is 5.75 Å². The summed E-state index contributed by atoms with van der Waals surface area (Å²) in [5, 5.41) is 0. The van der Waals surface area contributed by atoms with Crippen molar-refractivity contribution >= 4 is 20.5 Å². The highest BCUT2D eigenvalue weighted by atomic mass is 31.2. The van der Waals surface area contributed by atoms with E-state index in [1.54, 1.807) is 52.0 Å². The molecule has 132 valence electrons. The van der Waals surface area contributed by atoms with Gasteiger partial charge in [-0.2, -0.15) is 0 Å². The van der Waals surface area contributed by atoms with Crippen molar-refractivity contribution in [1.29, 1.82) is 0 Å². The van der Waals surface area contributed by atoms with Gasteiger partial charge >= 0.3 is 20.5 Å². The summed E-state index contributed by atoms with van der Waals surface area (Å²) in [5.41, 5.74) is 0. The maximum atomic E-state index is 12.2. The average Bonchev–Trinajstić information content (AvgIpc) is 2.91. The second-order valence-corrected chi connectivity index (χ2v) is 6.70. The summed E-state index contributed by atoms with van der Waals surface area (Å²) in [6, 6.07) is 8.85. The van der Waals surface area contributed by atoms with E-state index in [2.05, 4.69) is 0 Å². The molecule has 2 rings (SSSR count). The number of ether oxygens (including phenoxy) is 2. The molecule has 1 saturated heterocycles. The topological polar surface area (TPSA) is 80.3 Å². The van der Waals surface area contributed by atoms with Crippen LogP contribution in [0.25, 0.3) is 0 Å². The largest absolute Gasteiger partial charge is 0.461 e. The summed E-state index contributed by atoms with van der Waals surface area (Å²) in [5.74, 6) is -0.854. The summed E-state index contributed by atoms with van der Waals surface area (Å²) in [4.78, 5) is 24.3. The Labute approximate surface area is 142 Å². The number of hydrogen-bond acceptors (Lipinski definition) is 7. The number of hydrogen-bond donors (Lipinski definition) is 0. The predicted molar refractivity (Wildman–Crippen MR) is 86.2 cm³/mol. The molecule has 0 saturated carbocycles. The van der Waals surface area contributed by atoms with E-state index in [4.69, 9.17) is 23.0 Å². The zero-order valence-corrected chi connectivity index (χ0v) is 14.9. The average molecular weight is 356 g/mol. The summed E-state index contributed by atoms with van der Waals surface area (Å²) < 4.78 is 26.8. The molecule has 0 amide bonds. The van der Waals surface area contributed by atoms with Gasteiger partial charge in [0.15, 0.2) is 0 Å². The lowest BCUT2D eigenvalue weighted by atomic mass is 10.2. The van der Waals surface area contributed by atoms with E-state index in [0.29, 0.717) is 5.75 Å². The van der Waals surface area contributed by atoms with Crippen LogP contribution in [0.15, 0.2) is 30.3 Å². The van der Waals surface area contributed by atoms with Crippen molar-refractivity contribution < 1.29 is 32.6 Å². The Bertz CT molecular complexity index is 531. The highest BCUT2D eigenvalue weighted by molar-refractivity contribution is 7.42. The van der Waals surface area contributed by atoms with E-state index < -0.39 is 32.7 Å². The molecule has 24 heavy (non-hydrogen) atoms. The van der Waals surface area contributed by atoms with E-state index in [1.165, 1.54) is 0 Å². The van der Waals surface area contributed by atoms with Crippen molar-refractivity contribution in [2.75, 3.05) is 0 Å². The molecular weight excluding hydrogens is 335 g/mol. The first-order chi connectivity index (χ1) is 11.4. The third kappa shape index (κ3) is 5.16. The first kappa shape index (κ1) is 18.6. The van der Waals surface area contributed by atoms with Crippen LogP contribution < -0.4 is 4.52 Å².